The van der Waals surface area contributed by atoms with Gasteiger partial charge in [-0.15, -0.1) is 5.10 Å². The molecule has 0 aliphatic rings. The van der Waals surface area contributed by atoms with Crippen LogP contribution in [0.2, 0.25) is 0 Å². The average Bonchev–Trinajstić information content (AvgIpc) is 2.42. The first-order valence-electron chi connectivity index (χ1n) is 5.50. The maximum Gasteiger partial charge on any atom is 0.264 e. The lowest BCUT2D eigenvalue weighted by Gasteiger charge is -2.09. The van der Waals surface area contributed by atoms with E-state index in [-0.39, 0.29) is 22.0 Å². The number of aliphatic hydroxyl groups excluding tert-OH is 1. The Morgan fingerprint density at radius 2 is 2.10 bits per heavy atom. The topological polar surface area (TPSA) is 105 Å². The van der Waals surface area contributed by atoms with Gasteiger partial charge in [-0.1, -0.05) is 0 Å². The first-order chi connectivity index (χ1) is 9.44. The number of nitrogens with zero attached hydrogens (tertiary/aromatic N) is 3. The highest BCUT2D eigenvalue weighted by Gasteiger charge is 2.19. The largest absolute Gasteiger partial charge is 0.392 e. The van der Waals surface area contributed by atoms with Crippen LogP contribution < -0.4 is 4.72 Å². The van der Waals surface area contributed by atoms with Gasteiger partial charge in [-0.05, 0) is 24.6 Å². The number of nitrogens with one attached hydrogen (secondary N) is 1. The zero-order valence-corrected chi connectivity index (χ0v) is 11.2. The number of rotatable bonds is 4. The van der Waals surface area contributed by atoms with Crippen LogP contribution in [-0.4, -0.2) is 28.7 Å². The first-order valence-corrected chi connectivity index (χ1v) is 6.99. The van der Waals surface area contributed by atoms with Crippen molar-refractivity contribution in [3.63, 3.8) is 0 Å². The van der Waals surface area contributed by atoms with Gasteiger partial charge in [0.05, 0.1) is 23.9 Å². The van der Waals surface area contributed by atoms with E-state index in [0.29, 0.717) is 0 Å². The van der Waals surface area contributed by atoms with E-state index in [9.17, 15) is 12.8 Å². The minimum Gasteiger partial charge on any atom is -0.392 e. The predicted molar refractivity (Wildman–Crippen MR) is 67.7 cm³/mol. The van der Waals surface area contributed by atoms with Crippen LogP contribution in [0, 0.1) is 12.7 Å². The van der Waals surface area contributed by atoms with Crippen molar-refractivity contribution in [1.82, 2.24) is 15.2 Å². The Kier molecular flexibility index (Phi) is 3.91. The zero-order chi connectivity index (χ0) is 14.8. The number of sulfonamides is 1. The second-order valence-electron chi connectivity index (χ2n) is 3.94. The number of aliphatic hydroxyl groups is 1. The molecule has 0 amide bonds. The van der Waals surface area contributed by atoms with Crippen molar-refractivity contribution in [3.05, 3.63) is 41.5 Å². The van der Waals surface area contributed by atoms with E-state index in [1.54, 1.807) is 0 Å². The van der Waals surface area contributed by atoms with Crippen LogP contribution in [0.25, 0.3) is 0 Å². The molecule has 2 N–H and O–H groups in total. The maximum atomic E-state index is 13.6. The van der Waals surface area contributed by atoms with Crippen molar-refractivity contribution in [2.24, 2.45) is 0 Å². The molecule has 0 spiro atoms. The van der Waals surface area contributed by atoms with Crippen molar-refractivity contribution in [1.29, 1.82) is 0 Å². The Balaban J connectivity index is 2.42. The zero-order valence-electron chi connectivity index (χ0n) is 10.4. The van der Waals surface area contributed by atoms with Crippen LogP contribution in [0.4, 0.5) is 10.3 Å². The molecule has 0 aliphatic carbocycles. The van der Waals surface area contributed by atoms with Gasteiger partial charge in [-0.3, -0.25) is 0 Å². The normalized spacial score (nSPS) is 11.3. The second-order valence-corrected chi connectivity index (χ2v) is 5.63. The molecule has 0 radical (unpaired) electrons. The summed E-state index contributed by atoms with van der Waals surface area (Å²) < 4.78 is 39.9. The Morgan fingerprint density at radius 3 is 2.70 bits per heavy atom. The van der Waals surface area contributed by atoms with Crippen molar-refractivity contribution in [2.45, 2.75) is 18.4 Å². The third-order valence-electron chi connectivity index (χ3n) is 2.49. The van der Waals surface area contributed by atoms with E-state index >= 15 is 0 Å². The molecule has 0 atom stereocenters. The van der Waals surface area contributed by atoms with E-state index in [2.05, 4.69) is 19.9 Å². The summed E-state index contributed by atoms with van der Waals surface area (Å²) in [5, 5.41) is 16.0. The lowest BCUT2D eigenvalue weighted by Crippen LogP contribution is -2.16. The van der Waals surface area contributed by atoms with Crippen molar-refractivity contribution < 1.29 is 17.9 Å². The summed E-state index contributed by atoms with van der Waals surface area (Å²) in [4.78, 5) is 3.50. The fourth-order valence-electron chi connectivity index (χ4n) is 1.55. The quantitative estimate of drug-likeness (QED) is 0.857. The van der Waals surface area contributed by atoms with Gasteiger partial charge in [-0.25, -0.2) is 22.5 Å². The third kappa shape index (κ3) is 2.89. The Hall–Kier alpha value is -2.13. The molecule has 0 bridgehead atoms. The van der Waals surface area contributed by atoms with Crippen molar-refractivity contribution in [2.75, 3.05) is 4.72 Å². The molecule has 1 aromatic heterocycles. The van der Waals surface area contributed by atoms with Gasteiger partial charge in [0.2, 0.25) is 0 Å². The summed E-state index contributed by atoms with van der Waals surface area (Å²) >= 11 is 0. The SMILES string of the molecule is Cc1cc(S(=O)(=O)Nc2nccnn2)cc(CO)c1F. The molecule has 1 heterocycles. The molecule has 0 fully saturated rings. The van der Waals surface area contributed by atoms with Gasteiger partial charge >= 0.3 is 0 Å². The molecular weight excluding hydrogens is 287 g/mol. The standard InChI is InChI=1S/C11H11FN4O3S/c1-7-4-9(5-8(6-17)10(7)12)20(18,19)16-11-13-2-3-14-15-11/h2-5,17H,6H2,1H3,(H,13,15,16). The molecule has 0 aliphatic heterocycles. The summed E-state index contributed by atoms with van der Waals surface area (Å²) in [6.45, 7) is 0.813. The fraction of sp³-hybridized carbons (Fsp3) is 0.182. The number of aromatic nitrogens is 3. The highest BCUT2D eigenvalue weighted by atomic mass is 32.2. The summed E-state index contributed by atoms with van der Waals surface area (Å²) in [6, 6.07) is 2.22. The van der Waals surface area contributed by atoms with Crippen LogP contribution in [0.5, 0.6) is 0 Å². The van der Waals surface area contributed by atoms with Gasteiger partial charge < -0.3 is 5.11 Å². The molecule has 1 aromatic carbocycles. The lowest BCUT2D eigenvalue weighted by atomic mass is 10.1. The molecule has 2 rings (SSSR count). The fourth-order valence-corrected chi connectivity index (χ4v) is 2.63. The molecule has 0 saturated carbocycles. The minimum absolute atomic E-state index is 0.0996. The molecular formula is C11H11FN4O3S. The van der Waals surface area contributed by atoms with Gasteiger partial charge in [0, 0.05) is 5.56 Å². The lowest BCUT2D eigenvalue weighted by molar-refractivity contribution is 0.275. The smallest absolute Gasteiger partial charge is 0.264 e. The number of benzene rings is 1. The van der Waals surface area contributed by atoms with Crippen LogP contribution in [0.1, 0.15) is 11.1 Å². The van der Waals surface area contributed by atoms with Gasteiger partial charge in [0.15, 0.2) is 0 Å². The van der Waals surface area contributed by atoms with Gasteiger partial charge in [-0.2, -0.15) is 5.10 Å². The van der Waals surface area contributed by atoms with E-state index in [1.165, 1.54) is 19.3 Å². The average molecular weight is 298 g/mol. The van der Waals surface area contributed by atoms with Gasteiger partial charge in [0.25, 0.3) is 16.0 Å². The summed E-state index contributed by atoms with van der Waals surface area (Å²) in [5.41, 5.74) is 0.0153. The number of hydrogen-bond acceptors (Lipinski definition) is 6. The Morgan fingerprint density at radius 1 is 1.35 bits per heavy atom. The third-order valence-corrected chi connectivity index (χ3v) is 3.80. The van der Waals surface area contributed by atoms with Gasteiger partial charge in [0.1, 0.15) is 5.82 Å². The molecule has 0 saturated heterocycles. The number of hydrogen-bond donors (Lipinski definition) is 2. The van der Waals surface area contributed by atoms with Crippen LogP contribution in [0.15, 0.2) is 29.4 Å². The van der Waals surface area contributed by atoms with Crippen molar-refractivity contribution in [3.8, 4) is 0 Å². The first kappa shape index (κ1) is 14.3. The highest BCUT2D eigenvalue weighted by Crippen LogP contribution is 2.20. The molecule has 2 aromatic rings. The molecule has 9 heteroatoms. The van der Waals surface area contributed by atoms with E-state index < -0.39 is 22.4 Å². The van der Waals surface area contributed by atoms with E-state index in [4.69, 9.17) is 5.11 Å². The molecule has 0 unspecified atom stereocenters. The molecule has 106 valence electrons. The molecule has 20 heavy (non-hydrogen) atoms. The monoisotopic (exact) mass is 298 g/mol. The Labute approximate surface area is 114 Å². The summed E-state index contributed by atoms with van der Waals surface area (Å²) in [5.74, 6) is -0.830. The Bertz CT molecular complexity index is 722. The van der Waals surface area contributed by atoms with Crippen molar-refractivity contribution >= 4 is 16.0 Å². The van der Waals surface area contributed by atoms with Crippen LogP contribution in [0.3, 0.4) is 0 Å². The highest BCUT2D eigenvalue weighted by molar-refractivity contribution is 7.92. The number of aryl methyl sites for hydroxylation is 1. The molecule has 7 nitrogen and oxygen atoms in total. The number of halogens is 1. The van der Waals surface area contributed by atoms with Crippen LogP contribution >= 0.6 is 0 Å². The maximum absolute atomic E-state index is 13.6. The number of anilines is 1. The summed E-state index contributed by atoms with van der Waals surface area (Å²) in [6.07, 6.45) is 2.57. The van der Waals surface area contributed by atoms with Crippen LogP contribution in [-0.2, 0) is 16.6 Å². The second kappa shape index (κ2) is 5.47. The summed E-state index contributed by atoms with van der Waals surface area (Å²) in [7, 11) is -3.98. The van der Waals surface area contributed by atoms with E-state index in [0.717, 1.165) is 12.1 Å². The van der Waals surface area contributed by atoms with E-state index in [1.807, 2.05) is 0 Å². The predicted octanol–water partition coefficient (Wildman–Crippen LogP) is 0.612. The minimum atomic E-state index is -3.98.